The Morgan fingerprint density at radius 2 is 2.07 bits per heavy atom. The Kier molecular flexibility index (Phi) is 2.78. The summed E-state index contributed by atoms with van der Waals surface area (Å²) >= 11 is 0. The van der Waals surface area contributed by atoms with Gasteiger partial charge in [-0.3, -0.25) is 0 Å². The minimum absolute atomic E-state index is 0.122. The van der Waals surface area contributed by atoms with Crippen LogP contribution in [-0.2, 0) is 0 Å². The lowest BCUT2D eigenvalue weighted by Gasteiger charge is -2.33. The number of rotatable bonds is 1. The topological polar surface area (TPSA) is 48.8 Å². The normalized spacial score (nSPS) is 32.1. The molecule has 0 aromatic rings. The third-order valence-corrected chi connectivity index (χ3v) is 3.56. The second-order valence-corrected chi connectivity index (χ2v) is 4.40. The van der Waals surface area contributed by atoms with Crippen molar-refractivity contribution in [1.29, 1.82) is 0 Å². The number of fused-ring (bicyclic) bond motifs is 1. The summed E-state index contributed by atoms with van der Waals surface area (Å²) in [4.78, 5) is 3.06. The number of hydrogen-bond donors (Lipinski definition) is 0. The lowest BCUT2D eigenvalue weighted by molar-refractivity contribution is 0.392. The third kappa shape index (κ3) is 1.64. The fourth-order valence-electron chi connectivity index (χ4n) is 2.80. The molecular formula is C11H17N3. The zero-order valence-corrected chi connectivity index (χ0v) is 8.58. The lowest BCUT2D eigenvalue weighted by Crippen LogP contribution is -2.29. The van der Waals surface area contributed by atoms with Crippen molar-refractivity contribution in [2.24, 2.45) is 5.11 Å². The molecule has 0 heterocycles. The quantitative estimate of drug-likeness (QED) is 0.259. The average molecular weight is 191 g/mol. The summed E-state index contributed by atoms with van der Waals surface area (Å²) in [6.45, 7) is 0. The highest BCUT2D eigenvalue weighted by Crippen LogP contribution is 2.42. The zero-order chi connectivity index (χ0) is 9.86. The number of hydrogen-bond acceptors (Lipinski definition) is 1. The van der Waals surface area contributed by atoms with Crippen LogP contribution in [0.15, 0.2) is 16.8 Å². The van der Waals surface area contributed by atoms with Crippen LogP contribution in [0, 0.1) is 0 Å². The molecule has 0 amide bonds. The van der Waals surface area contributed by atoms with E-state index in [0.717, 1.165) is 19.3 Å². The maximum absolute atomic E-state index is 8.68. The van der Waals surface area contributed by atoms with E-state index in [1.807, 2.05) is 0 Å². The lowest BCUT2D eigenvalue weighted by atomic mass is 9.77. The molecule has 1 unspecified atom stereocenters. The summed E-state index contributed by atoms with van der Waals surface area (Å²) in [6, 6.07) is 0. The van der Waals surface area contributed by atoms with Crippen molar-refractivity contribution in [2.75, 3.05) is 0 Å². The Labute approximate surface area is 84.8 Å². The van der Waals surface area contributed by atoms with Gasteiger partial charge >= 0.3 is 0 Å². The molecule has 1 atom stereocenters. The van der Waals surface area contributed by atoms with E-state index in [9.17, 15) is 0 Å². The van der Waals surface area contributed by atoms with Crippen LogP contribution in [0.5, 0.6) is 0 Å². The Morgan fingerprint density at radius 1 is 1.21 bits per heavy atom. The molecule has 0 radical (unpaired) electrons. The predicted molar refractivity (Wildman–Crippen MR) is 56.9 cm³/mol. The first-order chi connectivity index (χ1) is 6.87. The SMILES string of the molecule is [N-]=[N+]=NC12CCCC=C1CCCCC2. The third-order valence-electron chi connectivity index (χ3n) is 3.56. The maximum Gasteiger partial charge on any atom is 0.0697 e. The number of nitrogens with zero attached hydrogens (tertiary/aromatic N) is 3. The van der Waals surface area contributed by atoms with Gasteiger partial charge in [-0.2, -0.15) is 0 Å². The Morgan fingerprint density at radius 3 is 2.93 bits per heavy atom. The van der Waals surface area contributed by atoms with Gasteiger partial charge in [0.1, 0.15) is 0 Å². The van der Waals surface area contributed by atoms with E-state index in [4.69, 9.17) is 5.53 Å². The summed E-state index contributed by atoms with van der Waals surface area (Å²) in [5.41, 5.74) is 9.98. The molecule has 3 heteroatoms. The first-order valence-corrected chi connectivity index (χ1v) is 5.63. The molecule has 2 rings (SSSR count). The molecule has 3 nitrogen and oxygen atoms in total. The van der Waals surface area contributed by atoms with Gasteiger partial charge in [0.05, 0.1) is 5.54 Å². The van der Waals surface area contributed by atoms with Crippen LogP contribution in [0.2, 0.25) is 0 Å². The van der Waals surface area contributed by atoms with E-state index >= 15 is 0 Å². The van der Waals surface area contributed by atoms with Gasteiger partial charge in [0.2, 0.25) is 0 Å². The van der Waals surface area contributed by atoms with E-state index in [0.29, 0.717) is 0 Å². The molecule has 1 saturated carbocycles. The molecule has 0 aliphatic heterocycles. The molecular weight excluding hydrogens is 174 g/mol. The van der Waals surface area contributed by atoms with Gasteiger partial charge in [-0.1, -0.05) is 29.6 Å². The second-order valence-electron chi connectivity index (χ2n) is 4.40. The average Bonchev–Trinajstić information content (AvgIpc) is 2.40. The van der Waals surface area contributed by atoms with Gasteiger partial charge in [-0.25, -0.2) is 0 Å². The van der Waals surface area contributed by atoms with Crippen LogP contribution in [0.25, 0.3) is 10.4 Å². The van der Waals surface area contributed by atoms with Crippen LogP contribution >= 0.6 is 0 Å². The van der Waals surface area contributed by atoms with Crippen molar-refractivity contribution in [2.45, 2.75) is 56.9 Å². The highest BCUT2D eigenvalue weighted by Gasteiger charge is 2.35. The molecule has 0 aromatic carbocycles. The summed E-state index contributed by atoms with van der Waals surface area (Å²) in [5.74, 6) is 0. The standard InChI is InChI=1S/C11H17N3/c12-14-13-11-8-4-1-2-6-10(11)7-3-5-9-11/h7H,1-6,8-9H2. The number of allylic oxidation sites excluding steroid dienone is 1. The molecule has 0 saturated heterocycles. The maximum atomic E-state index is 8.68. The van der Waals surface area contributed by atoms with Gasteiger partial charge in [-0.05, 0) is 44.1 Å². The Hall–Kier alpha value is -0.950. The molecule has 0 aromatic heterocycles. The van der Waals surface area contributed by atoms with E-state index in [1.54, 1.807) is 0 Å². The van der Waals surface area contributed by atoms with Gasteiger partial charge < -0.3 is 0 Å². The summed E-state index contributed by atoms with van der Waals surface area (Å²) in [6.07, 6.45) is 11.8. The molecule has 1 fully saturated rings. The van der Waals surface area contributed by atoms with E-state index in [-0.39, 0.29) is 5.54 Å². The number of azide groups is 1. The summed E-state index contributed by atoms with van der Waals surface area (Å²) < 4.78 is 0. The van der Waals surface area contributed by atoms with Crippen LogP contribution in [0.4, 0.5) is 0 Å². The fourth-order valence-corrected chi connectivity index (χ4v) is 2.80. The summed E-state index contributed by atoms with van der Waals surface area (Å²) in [7, 11) is 0. The predicted octanol–water partition coefficient (Wildman–Crippen LogP) is 4.11. The van der Waals surface area contributed by atoms with Crippen LogP contribution in [0.1, 0.15) is 51.4 Å². The van der Waals surface area contributed by atoms with Gasteiger partial charge in [-0.15, -0.1) is 0 Å². The van der Waals surface area contributed by atoms with Crippen molar-refractivity contribution >= 4 is 0 Å². The van der Waals surface area contributed by atoms with Crippen molar-refractivity contribution in [1.82, 2.24) is 0 Å². The van der Waals surface area contributed by atoms with Crippen molar-refractivity contribution in [3.63, 3.8) is 0 Å². The molecule has 2 aliphatic rings. The molecule has 0 bridgehead atoms. The van der Waals surface area contributed by atoms with Crippen molar-refractivity contribution in [3.8, 4) is 0 Å². The van der Waals surface area contributed by atoms with Gasteiger partial charge in [0.25, 0.3) is 0 Å². The molecule has 2 aliphatic carbocycles. The van der Waals surface area contributed by atoms with Crippen LogP contribution in [0.3, 0.4) is 0 Å². The van der Waals surface area contributed by atoms with Gasteiger partial charge in [0, 0.05) is 4.91 Å². The first-order valence-electron chi connectivity index (χ1n) is 5.63. The molecule has 0 spiro atoms. The minimum atomic E-state index is -0.122. The minimum Gasteiger partial charge on any atom is -0.0846 e. The van der Waals surface area contributed by atoms with Crippen LogP contribution in [-0.4, -0.2) is 5.54 Å². The van der Waals surface area contributed by atoms with E-state index in [1.165, 1.54) is 37.7 Å². The van der Waals surface area contributed by atoms with E-state index in [2.05, 4.69) is 16.1 Å². The van der Waals surface area contributed by atoms with E-state index < -0.39 is 0 Å². The van der Waals surface area contributed by atoms with Crippen molar-refractivity contribution in [3.05, 3.63) is 22.1 Å². The highest BCUT2D eigenvalue weighted by atomic mass is 15.2. The second kappa shape index (κ2) is 4.05. The molecule has 14 heavy (non-hydrogen) atoms. The molecule has 76 valence electrons. The zero-order valence-electron chi connectivity index (χ0n) is 8.58. The monoisotopic (exact) mass is 191 g/mol. The Bertz CT molecular complexity index is 289. The van der Waals surface area contributed by atoms with Crippen molar-refractivity contribution < 1.29 is 0 Å². The van der Waals surface area contributed by atoms with Gasteiger partial charge in [0.15, 0.2) is 0 Å². The van der Waals surface area contributed by atoms with Crippen LogP contribution < -0.4 is 0 Å². The largest absolute Gasteiger partial charge is 0.0846 e. The first kappa shape index (κ1) is 9.60. The highest BCUT2D eigenvalue weighted by molar-refractivity contribution is 5.24. The summed E-state index contributed by atoms with van der Waals surface area (Å²) in [5, 5.41) is 4.11. The Balaban J connectivity index is 2.33. The smallest absolute Gasteiger partial charge is 0.0697 e. The molecule has 0 N–H and O–H groups in total. The fraction of sp³-hybridized carbons (Fsp3) is 0.818.